The lowest BCUT2D eigenvalue weighted by atomic mass is 10.0. The summed E-state index contributed by atoms with van der Waals surface area (Å²) in [7, 11) is 1.83. The second kappa shape index (κ2) is 4.88. The minimum absolute atomic E-state index is 0.0346. The first-order chi connectivity index (χ1) is 10.1. The molecule has 0 radical (unpaired) electrons. The molecular formula is C17H17NO3. The molecule has 0 spiro atoms. The predicted octanol–water partition coefficient (Wildman–Crippen LogP) is 2.84. The maximum absolute atomic E-state index is 12.8. The monoisotopic (exact) mass is 283 g/mol. The molecule has 4 heteroatoms. The van der Waals surface area contributed by atoms with Crippen molar-refractivity contribution in [3.05, 3.63) is 52.8 Å². The van der Waals surface area contributed by atoms with Crippen molar-refractivity contribution in [3.63, 3.8) is 0 Å². The number of ketones is 1. The Morgan fingerprint density at radius 3 is 2.57 bits per heavy atom. The zero-order valence-corrected chi connectivity index (χ0v) is 12.3. The Kier molecular flexibility index (Phi) is 3.16. The fourth-order valence-electron chi connectivity index (χ4n) is 2.98. The number of nitrogens with zero attached hydrogens (tertiary/aromatic N) is 1. The molecule has 108 valence electrons. The minimum atomic E-state index is -0.326. The van der Waals surface area contributed by atoms with Crippen LogP contribution >= 0.6 is 0 Å². The Morgan fingerprint density at radius 2 is 1.95 bits per heavy atom. The lowest BCUT2D eigenvalue weighted by Gasteiger charge is -2.09. The van der Waals surface area contributed by atoms with Gasteiger partial charge in [0.25, 0.3) is 0 Å². The van der Waals surface area contributed by atoms with Crippen molar-refractivity contribution >= 4 is 11.8 Å². The number of carbonyl (C=O) groups excluding carboxylic acids is 2. The first-order valence-electron chi connectivity index (χ1n) is 7.09. The van der Waals surface area contributed by atoms with Crippen LogP contribution in [0.3, 0.4) is 0 Å². The average Bonchev–Trinajstić information content (AvgIpc) is 2.94. The molecule has 0 fully saturated rings. The Bertz CT molecular complexity index is 728. The van der Waals surface area contributed by atoms with Crippen LogP contribution in [0.15, 0.2) is 30.3 Å². The molecule has 1 aliphatic heterocycles. The van der Waals surface area contributed by atoms with Crippen LogP contribution < -0.4 is 4.74 Å². The number of esters is 1. The molecule has 0 bridgehead atoms. The SMILES string of the molecule is CCc1c2c(n(C)c1C(=O)c1ccccc1)C(C)C(=O)O2. The maximum Gasteiger partial charge on any atom is 0.320 e. The fraction of sp³-hybridized carbons (Fsp3) is 0.294. The third kappa shape index (κ3) is 1.90. The maximum atomic E-state index is 12.8. The van der Waals surface area contributed by atoms with E-state index in [1.165, 1.54) is 0 Å². The largest absolute Gasteiger partial charge is 0.424 e. The summed E-state index contributed by atoms with van der Waals surface area (Å²) in [4.78, 5) is 24.5. The van der Waals surface area contributed by atoms with Crippen LogP contribution in [-0.4, -0.2) is 16.3 Å². The molecule has 21 heavy (non-hydrogen) atoms. The van der Waals surface area contributed by atoms with Gasteiger partial charge in [0.15, 0.2) is 5.75 Å². The first-order valence-corrected chi connectivity index (χ1v) is 7.09. The van der Waals surface area contributed by atoms with Gasteiger partial charge in [0.2, 0.25) is 5.78 Å². The van der Waals surface area contributed by atoms with E-state index in [1.54, 1.807) is 12.1 Å². The minimum Gasteiger partial charge on any atom is -0.424 e. The summed E-state index contributed by atoms with van der Waals surface area (Å²) in [6, 6.07) is 9.17. The number of ether oxygens (including phenoxy) is 1. The van der Waals surface area contributed by atoms with Crippen LogP contribution in [0.4, 0.5) is 0 Å². The molecule has 1 atom stereocenters. The number of hydrogen-bond donors (Lipinski definition) is 0. The molecule has 3 rings (SSSR count). The normalized spacial score (nSPS) is 16.7. The number of carbonyl (C=O) groups is 2. The van der Waals surface area contributed by atoms with Crippen molar-refractivity contribution in [2.75, 3.05) is 0 Å². The topological polar surface area (TPSA) is 48.3 Å². The van der Waals surface area contributed by atoms with Gasteiger partial charge in [0.05, 0.1) is 17.3 Å². The van der Waals surface area contributed by atoms with E-state index in [9.17, 15) is 9.59 Å². The van der Waals surface area contributed by atoms with E-state index in [0.717, 1.165) is 11.3 Å². The van der Waals surface area contributed by atoms with E-state index >= 15 is 0 Å². The summed E-state index contributed by atoms with van der Waals surface area (Å²) < 4.78 is 7.20. The number of hydrogen-bond acceptors (Lipinski definition) is 3. The van der Waals surface area contributed by atoms with Gasteiger partial charge in [0, 0.05) is 18.2 Å². The van der Waals surface area contributed by atoms with Gasteiger partial charge in [-0.25, -0.2) is 0 Å². The summed E-state index contributed by atoms with van der Waals surface area (Å²) in [6.45, 7) is 3.78. The smallest absolute Gasteiger partial charge is 0.320 e. The van der Waals surface area contributed by atoms with Crippen LogP contribution in [0.25, 0.3) is 0 Å². The molecular weight excluding hydrogens is 266 g/mol. The van der Waals surface area contributed by atoms with E-state index < -0.39 is 0 Å². The van der Waals surface area contributed by atoms with Crippen LogP contribution in [0.5, 0.6) is 5.75 Å². The van der Waals surface area contributed by atoms with Gasteiger partial charge in [-0.05, 0) is 13.3 Å². The van der Waals surface area contributed by atoms with E-state index in [1.807, 2.05) is 43.7 Å². The highest BCUT2D eigenvalue weighted by Crippen LogP contribution is 2.41. The molecule has 4 nitrogen and oxygen atoms in total. The first kappa shape index (κ1) is 13.6. The van der Waals surface area contributed by atoms with Gasteiger partial charge in [-0.3, -0.25) is 9.59 Å². The van der Waals surface area contributed by atoms with Crippen LogP contribution in [0.1, 0.15) is 47.1 Å². The van der Waals surface area contributed by atoms with E-state index in [0.29, 0.717) is 23.4 Å². The second-order valence-electron chi connectivity index (χ2n) is 5.29. The Hall–Kier alpha value is -2.36. The quantitative estimate of drug-likeness (QED) is 0.643. The Balaban J connectivity index is 2.17. The number of rotatable bonds is 3. The third-order valence-corrected chi connectivity index (χ3v) is 4.06. The van der Waals surface area contributed by atoms with Crippen molar-refractivity contribution in [2.45, 2.75) is 26.2 Å². The van der Waals surface area contributed by atoms with Gasteiger partial charge < -0.3 is 9.30 Å². The molecule has 0 aliphatic carbocycles. The summed E-state index contributed by atoms with van der Waals surface area (Å²) >= 11 is 0. The van der Waals surface area contributed by atoms with Crippen molar-refractivity contribution < 1.29 is 14.3 Å². The lowest BCUT2D eigenvalue weighted by Crippen LogP contribution is -2.15. The van der Waals surface area contributed by atoms with Gasteiger partial charge in [0.1, 0.15) is 0 Å². The molecule has 0 N–H and O–H groups in total. The van der Waals surface area contributed by atoms with Crippen molar-refractivity contribution in [1.82, 2.24) is 4.57 Å². The third-order valence-electron chi connectivity index (χ3n) is 4.06. The van der Waals surface area contributed by atoms with E-state index in [2.05, 4.69) is 0 Å². The molecule has 2 aromatic rings. The van der Waals surface area contributed by atoms with Gasteiger partial charge >= 0.3 is 5.97 Å². The summed E-state index contributed by atoms with van der Waals surface area (Å²) in [5.74, 6) is -0.0268. The van der Waals surface area contributed by atoms with Gasteiger partial charge in [-0.2, -0.15) is 0 Å². The zero-order chi connectivity index (χ0) is 15.1. The number of benzene rings is 1. The van der Waals surface area contributed by atoms with Crippen LogP contribution in [-0.2, 0) is 18.3 Å². The molecule has 0 saturated heterocycles. The van der Waals surface area contributed by atoms with Gasteiger partial charge in [-0.15, -0.1) is 0 Å². The molecule has 0 saturated carbocycles. The molecule has 2 heterocycles. The summed E-state index contributed by atoms with van der Waals surface area (Å²) in [5.41, 5.74) is 2.88. The van der Waals surface area contributed by atoms with Crippen molar-refractivity contribution in [2.24, 2.45) is 7.05 Å². The molecule has 1 aromatic carbocycles. The zero-order valence-electron chi connectivity index (χ0n) is 12.3. The molecule has 1 unspecified atom stereocenters. The average molecular weight is 283 g/mol. The van der Waals surface area contributed by atoms with Gasteiger partial charge in [-0.1, -0.05) is 37.3 Å². The molecule has 1 aliphatic rings. The van der Waals surface area contributed by atoms with Crippen molar-refractivity contribution in [1.29, 1.82) is 0 Å². The second-order valence-corrected chi connectivity index (χ2v) is 5.29. The Labute approximate surface area is 123 Å². The highest BCUT2D eigenvalue weighted by atomic mass is 16.5. The number of aromatic nitrogens is 1. The molecule has 0 amide bonds. The summed E-state index contributed by atoms with van der Waals surface area (Å²) in [6.07, 6.45) is 0.650. The number of fused-ring (bicyclic) bond motifs is 1. The summed E-state index contributed by atoms with van der Waals surface area (Å²) in [5, 5.41) is 0. The van der Waals surface area contributed by atoms with Crippen LogP contribution in [0.2, 0.25) is 0 Å². The highest BCUT2D eigenvalue weighted by Gasteiger charge is 2.38. The lowest BCUT2D eigenvalue weighted by molar-refractivity contribution is -0.133. The Morgan fingerprint density at radius 1 is 1.29 bits per heavy atom. The molecule has 1 aromatic heterocycles. The predicted molar refractivity (Wildman–Crippen MR) is 78.7 cm³/mol. The fourth-order valence-corrected chi connectivity index (χ4v) is 2.98. The highest BCUT2D eigenvalue weighted by molar-refractivity contribution is 6.10. The van der Waals surface area contributed by atoms with E-state index in [4.69, 9.17) is 4.74 Å². The standard InChI is InChI=1S/C17H17NO3/c1-4-12-14(15(19)11-8-6-5-7-9-11)18(3)13-10(2)17(20)21-16(12)13/h5-10H,4H2,1-3H3. The van der Waals surface area contributed by atoms with Crippen LogP contribution in [0, 0.1) is 0 Å². The van der Waals surface area contributed by atoms with E-state index in [-0.39, 0.29) is 17.7 Å². The van der Waals surface area contributed by atoms with Crippen molar-refractivity contribution in [3.8, 4) is 5.75 Å².